The third-order valence-electron chi connectivity index (χ3n) is 5.68. The molecule has 0 N–H and O–H groups in total. The van der Waals surface area contributed by atoms with Crippen molar-refractivity contribution in [3.05, 3.63) is 76.7 Å². The molecule has 0 unspecified atom stereocenters. The van der Waals surface area contributed by atoms with E-state index in [4.69, 9.17) is 0 Å². The highest BCUT2D eigenvalue weighted by molar-refractivity contribution is 9.10. The lowest BCUT2D eigenvalue weighted by Crippen LogP contribution is -2.33. The predicted molar refractivity (Wildman–Crippen MR) is 140 cm³/mol. The van der Waals surface area contributed by atoms with Crippen LogP contribution >= 0.6 is 15.9 Å². The Morgan fingerprint density at radius 3 is 2.29 bits per heavy atom. The monoisotopic (exact) mass is 555 g/mol. The van der Waals surface area contributed by atoms with Gasteiger partial charge in [0.25, 0.3) is 15.9 Å². The van der Waals surface area contributed by atoms with Crippen molar-refractivity contribution in [2.75, 3.05) is 34.2 Å². The van der Waals surface area contributed by atoms with Crippen LogP contribution in [0.2, 0.25) is 0 Å². The number of hydrogen-bond acceptors (Lipinski definition) is 6. The molecule has 0 aliphatic heterocycles. The Labute approximate surface area is 213 Å². The Morgan fingerprint density at radius 2 is 1.66 bits per heavy atom. The van der Waals surface area contributed by atoms with Gasteiger partial charge in [0.2, 0.25) is 0 Å². The second-order valence-electron chi connectivity index (χ2n) is 8.63. The first-order valence-electron chi connectivity index (χ1n) is 10.9. The summed E-state index contributed by atoms with van der Waals surface area (Å²) >= 11 is 3.34. The van der Waals surface area contributed by atoms with Crippen molar-refractivity contribution in [3.63, 3.8) is 0 Å². The molecule has 1 amide bonds. The highest BCUT2D eigenvalue weighted by Gasteiger charge is 2.24. The summed E-state index contributed by atoms with van der Waals surface area (Å²) in [5.41, 5.74) is 3.52. The molecule has 4 rings (SSSR count). The summed E-state index contributed by atoms with van der Waals surface area (Å²) in [5.74, 6) is -0.0784. The van der Waals surface area contributed by atoms with Crippen LogP contribution in [0.5, 0.6) is 0 Å². The molecule has 0 saturated heterocycles. The first kappa shape index (κ1) is 25.0. The van der Waals surface area contributed by atoms with Crippen LogP contribution in [0.4, 0.5) is 0 Å². The molecule has 10 heteroatoms. The van der Waals surface area contributed by atoms with Gasteiger partial charge < -0.3 is 9.80 Å². The second-order valence-corrected chi connectivity index (χ2v) is 11.3. The van der Waals surface area contributed by atoms with E-state index in [9.17, 15) is 13.2 Å². The van der Waals surface area contributed by atoms with E-state index in [2.05, 4.69) is 25.9 Å². The minimum absolute atomic E-state index is 0.0784. The number of carbonyl (C=O) groups is 1. The van der Waals surface area contributed by atoms with Crippen molar-refractivity contribution in [3.8, 4) is 11.1 Å². The third kappa shape index (κ3) is 5.14. The van der Waals surface area contributed by atoms with Crippen LogP contribution in [0.1, 0.15) is 15.9 Å². The van der Waals surface area contributed by atoms with E-state index in [0.29, 0.717) is 27.8 Å². The summed E-state index contributed by atoms with van der Waals surface area (Å²) in [6.45, 7) is 3.28. The third-order valence-corrected chi connectivity index (χ3v) is 7.73. The van der Waals surface area contributed by atoms with Crippen LogP contribution in [0.25, 0.3) is 22.3 Å². The van der Waals surface area contributed by atoms with Crippen LogP contribution in [0, 0.1) is 6.92 Å². The number of hydrogen-bond donors (Lipinski definition) is 0. The number of aromatic nitrogens is 3. The maximum absolute atomic E-state index is 13.4. The number of halogens is 1. The summed E-state index contributed by atoms with van der Waals surface area (Å²) in [6.07, 6.45) is 3.00. The zero-order valence-corrected chi connectivity index (χ0v) is 22.3. The van der Waals surface area contributed by atoms with E-state index in [1.165, 1.54) is 12.4 Å². The molecule has 0 spiro atoms. The normalized spacial score (nSPS) is 11.8. The lowest BCUT2D eigenvalue weighted by Gasteiger charge is -2.19. The molecule has 0 bridgehead atoms. The highest BCUT2D eigenvalue weighted by atomic mass is 79.9. The Balaban J connectivity index is 1.74. The van der Waals surface area contributed by atoms with Crippen LogP contribution in [-0.2, 0) is 10.0 Å². The fourth-order valence-electron chi connectivity index (χ4n) is 3.63. The molecule has 2 heterocycles. The van der Waals surface area contributed by atoms with Crippen molar-refractivity contribution in [1.82, 2.24) is 23.7 Å². The number of fused-ring (bicyclic) bond motifs is 1. The van der Waals surface area contributed by atoms with E-state index >= 15 is 0 Å². The average Bonchev–Trinajstić information content (AvgIpc) is 3.22. The van der Waals surface area contributed by atoms with Crippen molar-refractivity contribution in [2.45, 2.75) is 11.8 Å². The Bertz CT molecular complexity index is 1480. The van der Waals surface area contributed by atoms with Gasteiger partial charge >= 0.3 is 0 Å². The molecular weight excluding hydrogens is 530 g/mol. The Kier molecular flexibility index (Phi) is 7.07. The topological polar surface area (TPSA) is 88.4 Å². The maximum Gasteiger partial charge on any atom is 0.269 e. The zero-order valence-electron chi connectivity index (χ0n) is 19.9. The second kappa shape index (κ2) is 9.88. The highest BCUT2D eigenvalue weighted by Crippen LogP contribution is 2.32. The Hall–Kier alpha value is -3.08. The van der Waals surface area contributed by atoms with E-state index in [-0.39, 0.29) is 16.4 Å². The summed E-state index contributed by atoms with van der Waals surface area (Å²) in [5, 5.41) is 0. The molecule has 35 heavy (non-hydrogen) atoms. The quantitative estimate of drug-likeness (QED) is 0.342. The molecule has 182 valence electrons. The standard InChI is InChI=1S/C25H26BrN5O3S/c1-17-5-11-20(12-6-17)35(33,34)31-16-21(23-24(31)27-15-22(26)28-23)18-7-9-19(10-8-18)25(32)30(4)14-13-29(2)3/h5-12,15-16H,13-14H2,1-4H3. The van der Waals surface area contributed by atoms with Gasteiger partial charge in [-0.15, -0.1) is 0 Å². The number of carbonyl (C=O) groups excluding carboxylic acids is 1. The van der Waals surface area contributed by atoms with E-state index < -0.39 is 10.0 Å². The summed E-state index contributed by atoms with van der Waals surface area (Å²) < 4.78 is 28.5. The number of likely N-dealkylation sites (N-methyl/N-ethyl adjacent to an activating group) is 2. The molecule has 0 aliphatic carbocycles. The number of amides is 1. The van der Waals surface area contributed by atoms with Crippen LogP contribution in [0.15, 0.2) is 70.4 Å². The molecule has 0 saturated carbocycles. The first-order chi connectivity index (χ1) is 16.6. The van der Waals surface area contributed by atoms with Gasteiger partial charge in [0.1, 0.15) is 10.1 Å². The van der Waals surface area contributed by atoms with Gasteiger partial charge in [-0.05, 0) is 66.8 Å². The lowest BCUT2D eigenvalue weighted by atomic mass is 10.1. The van der Waals surface area contributed by atoms with Gasteiger partial charge in [0.05, 0.1) is 11.1 Å². The Morgan fingerprint density at radius 1 is 1.00 bits per heavy atom. The average molecular weight is 556 g/mol. The van der Waals surface area contributed by atoms with Crippen molar-refractivity contribution < 1.29 is 13.2 Å². The molecule has 2 aromatic heterocycles. The van der Waals surface area contributed by atoms with E-state index in [1.807, 2.05) is 25.9 Å². The number of aryl methyl sites for hydroxylation is 1. The van der Waals surface area contributed by atoms with Crippen molar-refractivity contribution >= 4 is 43.0 Å². The molecule has 0 atom stereocenters. The summed E-state index contributed by atoms with van der Waals surface area (Å²) in [7, 11) is 1.80. The molecule has 0 radical (unpaired) electrons. The number of rotatable bonds is 7. The zero-order chi connectivity index (χ0) is 25.3. The fourth-order valence-corrected chi connectivity index (χ4v) is 5.22. The van der Waals surface area contributed by atoms with Gasteiger partial charge in [0.15, 0.2) is 5.65 Å². The minimum atomic E-state index is -3.89. The minimum Gasteiger partial charge on any atom is -0.340 e. The van der Waals surface area contributed by atoms with E-state index in [0.717, 1.165) is 21.6 Å². The van der Waals surface area contributed by atoms with Crippen molar-refractivity contribution in [1.29, 1.82) is 0 Å². The van der Waals surface area contributed by atoms with E-state index in [1.54, 1.807) is 60.5 Å². The summed E-state index contributed by atoms with van der Waals surface area (Å²) in [4.78, 5) is 25.5. The predicted octanol–water partition coefficient (Wildman–Crippen LogP) is 4.04. The molecule has 0 aliphatic rings. The fraction of sp³-hybridized carbons (Fsp3) is 0.240. The molecule has 2 aromatic carbocycles. The lowest BCUT2D eigenvalue weighted by molar-refractivity contribution is 0.0786. The van der Waals surface area contributed by atoms with Crippen molar-refractivity contribution in [2.24, 2.45) is 0 Å². The molecule has 4 aromatic rings. The van der Waals surface area contributed by atoms with Gasteiger partial charge in [-0.3, -0.25) is 4.79 Å². The van der Waals surface area contributed by atoms with Gasteiger partial charge in [-0.1, -0.05) is 29.8 Å². The number of nitrogens with zero attached hydrogens (tertiary/aromatic N) is 5. The van der Waals surface area contributed by atoms with Gasteiger partial charge in [-0.2, -0.15) is 0 Å². The first-order valence-corrected chi connectivity index (χ1v) is 13.2. The van der Waals surface area contributed by atoms with Crippen LogP contribution in [0.3, 0.4) is 0 Å². The molecule has 0 fully saturated rings. The van der Waals surface area contributed by atoms with Crippen LogP contribution < -0.4 is 0 Å². The smallest absolute Gasteiger partial charge is 0.269 e. The summed E-state index contributed by atoms with van der Waals surface area (Å²) in [6, 6.07) is 13.8. The maximum atomic E-state index is 13.4. The molecule has 8 nitrogen and oxygen atoms in total. The molecular formula is C25H26BrN5O3S. The van der Waals surface area contributed by atoms with Crippen LogP contribution in [-0.4, -0.2) is 72.3 Å². The van der Waals surface area contributed by atoms with Gasteiger partial charge in [0, 0.05) is 37.5 Å². The van der Waals surface area contributed by atoms with Gasteiger partial charge in [-0.25, -0.2) is 22.4 Å². The number of benzene rings is 2. The largest absolute Gasteiger partial charge is 0.340 e. The SMILES string of the molecule is Cc1ccc(S(=O)(=O)n2cc(-c3ccc(C(=O)N(C)CCN(C)C)cc3)c3nc(Br)cnc32)cc1.